The normalized spacial score (nSPS) is 18.5. The Bertz CT molecular complexity index is 561. The number of nitrogens with one attached hydrogen (secondary N) is 1. The zero-order valence-corrected chi connectivity index (χ0v) is 13.1. The maximum Gasteiger partial charge on any atom is 0.254 e. The van der Waals surface area contributed by atoms with Crippen LogP contribution < -0.4 is 10.1 Å². The quantitative estimate of drug-likeness (QED) is 0.848. The summed E-state index contributed by atoms with van der Waals surface area (Å²) in [5.41, 5.74) is 0. The summed E-state index contributed by atoms with van der Waals surface area (Å²) in [6.07, 6.45) is 4.25. The van der Waals surface area contributed by atoms with E-state index in [0.29, 0.717) is 5.88 Å². The van der Waals surface area contributed by atoms with Gasteiger partial charge in [0.15, 0.2) is 5.76 Å². The molecule has 2 unspecified atom stereocenters. The van der Waals surface area contributed by atoms with Gasteiger partial charge < -0.3 is 19.0 Å². The summed E-state index contributed by atoms with van der Waals surface area (Å²) in [6, 6.07) is 6.13. The molecule has 1 saturated heterocycles. The first kappa shape index (κ1) is 15.1. The van der Waals surface area contributed by atoms with E-state index in [1.165, 1.54) is 12.8 Å². The number of hydrogen-bond acceptors (Lipinski definition) is 6. The Morgan fingerprint density at radius 1 is 1.36 bits per heavy atom. The molecule has 0 spiro atoms. The molecule has 0 radical (unpaired) electrons. The first-order valence-corrected chi connectivity index (χ1v) is 7.79. The van der Waals surface area contributed by atoms with Gasteiger partial charge in [-0.1, -0.05) is 0 Å². The van der Waals surface area contributed by atoms with Crippen molar-refractivity contribution >= 4 is 0 Å². The van der Waals surface area contributed by atoms with Gasteiger partial charge in [-0.3, -0.25) is 4.90 Å². The lowest BCUT2D eigenvalue weighted by Gasteiger charge is -2.27. The Morgan fingerprint density at radius 2 is 2.18 bits per heavy atom. The third kappa shape index (κ3) is 3.34. The van der Waals surface area contributed by atoms with Crippen molar-refractivity contribution < 1.29 is 13.7 Å². The van der Waals surface area contributed by atoms with Crippen LogP contribution in [0, 0.1) is 0 Å². The van der Waals surface area contributed by atoms with Crippen LogP contribution in [0.4, 0.5) is 0 Å². The van der Waals surface area contributed by atoms with Gasteiger partial charge in [0.2, 0.25) is 0 Å². The fourth-order valence-corrected chi connectivity index (χ4v) is 2.91. The smallest absolute Gasteiger partial charge is 0.254 e. The highest BCUT2D eigenvalue weighted by Gasteiger charge is 2.26. The molecule has 22 heavy (non-hydrogen) atoms. The van der Waals surface area contributed by atoms with Gasteiger partial charge in [0.05, 0.1) is 25.5 Å². The van der Waals surface area contributed by atoms with Crippen molar-refractivity contribution in [2.75, 3.05) is 26.7 Å². The lowest BCUT2D eigenvalue weighted by molar-refractivity contribution is 0.202. The molecule has 0 aliphatic carbocycles. The Kier molecular flexibility index (Phi) is 4.80. The Balaban J connectivity index is 1.63. The average molecular weight is 305 g/mol. The van der Waals surface area contributed by atoms with Gasteiger partial charge >= 0.3 is 0 Å². The van der Waals surface area contributed by atoms with Crippen LogP contribution in [-0.2, 0) is 0 Å². The van der Waals surface area contributed by atoms with Gasteiger partial charge in [-0.2, -0.15) is 0 Å². The number of furan rings is 1. The second kappa shape index (κ2) is 6.98. The van der Waals surface area contributed by atoms with Crippen LogP contribution in [0.2, 0.25) is 0 Å². The monoisotopic (exact) mass is 305 g/mol. The summed E-state index contributed by atoms with van der Waals surface area (Å²) in [5, 5.41) is 7.35. The molecular weight excluding hydrogens is 282 g/mol. The summed E-state index contributed by atoms with van der Waals surface area (Å²) >= 11 is 0. The molecule has 6 heteroatoms. The standard InChI is InChI=1S/C16H23N3O3/c1-12(15-10-16(20-2)18-22-15)17-11-13(14-6-5-9-21-14)19-7-3-4-8-19/h5-6,9-10,12-13,17H,3-4,7-8,11H2,1-2H3. The number of likely N-dealkylation sites (tertiary alicyclic amines) is 1. The minimum Gasteiger partial charge on any atom is -0.479 e. The van der Waals surface area contributed by atoms with E-state index < -0.39 is 0 Å². The molecule has 1 N–H and O–H groups in total. The topological polar surface area (TPSA) is 63.7 Å². The largest absolute Gasteiger partial charge is 0.479 e. The molecule has 1 aliphatic heterocycles. The van der Waals surface area contributed by atoms with E-state index in [-0.39, 0.29) is 12.1 Å². The van der Waals surface area contributed by atoms with E-state index in [1.807, 2.05) is 18.2 Å². The first-order chi connectivity index (χ1) is 10.8. The van der Waals surface area contributed by atoms with Crippen LogP contribution in [0.5, 0.6) is 5.88 Å². The first-order valence-electron chi connectivity index (χ1n) is 7.79. The molecule has 0 bridgehead atoms. The second-order valence-corrected chi connectivity index (χ2v) is 5.68. The minimum atomic E-state index is 0.0662. The molecule has 3 rings (SSSR count). The molecule has 2 aromatic rings. The van der Waals surface area contributed by atoms with E-state index in [4.69, 9.17) is 13.7 Å². The van der Waals surface area contributed by atoms with Crippen molar-refractivity contribution in [2.24, 2.45) is 0 Å². The van der Waals surface area contributed by atoms with Gasteiger partial charge in [0.1, 0.15) is 5.76 Å². The van der Waals surface area contributed by atoms with Crippen LogP contribution in [0.15, 0.2) is 33.4 Å². The number of ether oxygens (including phenoxy) is 1. The zero-order chi connectivity index (χ0) is 15.4. The maximum absolute atomic E-state index is 5.63. The third-order valence-electron chi connectivity index (χ3n) is 4.21. The summed E-state index contributed by atoms with van der Waals surface area (Å²) in [4.78, 5) is 2.47. The van der Waals surface area contributed by atoms with E-state index in [9.17, 15) is 0 Å². The molecule has 1 fully saturated rings. The molecule has 0 amide bonds. The molecule has 0 aromatic carbocycles. The number of methoxy groups -OCH3 is 1. The van der Waals surface area contributed by atoms with E-state index >= 15 is 0 Å². The number of nitrogens with zero attached hydrogens (tertiary/aromatic N) is 2. The molecule has 120 valence electrons. The number of aromatic nitrogens is 1. The summed E-state index contributed by atoms with van der Waals surface area (Å²) in [5.74, 6) is 2.29. The van der Waals surface area contributed by atoms with Gasteiger partial charge in [-0.25, -0.2) is 0 Å². The van der Waals surface area contributed by atoms with Crippen molar-refractivity contribution in [3.63, 3.8) is 0 Å². The fourth-order valence-electron chi connectivity index (χ4n) is 2.91. The molecule has 6 nitrogen and oxygen atoms in total. The second-order valence-electron chi connectivity index (χ2n) is 5.68. The van der Waals surface area contributed by atoms with Crippen molar-refractivity contribution in [1.29, 1.82) is 0 Å². The molecule has 0 saturated carbocycles. The highest BCUT2D eigenvalue weighted by atomic mass is 16.5. The fraction of sp³-hybridized carbons (Fsp3) is 0.562. The van der Waals surface area contributed by atoms with Crippen LogP contribution in [-0.4, -0.2) is 36.8 Å². The Morgan fingerprint density at radius 3 is 2.82 bits per heavy atom. The lowest BCUT2D eigenvalue weighted by Crippen LogP contribution is -2.34. The number of hydrogen-bond donors (Lipinski definition) is 1. The zero-order valence-electron chi connectivity index (χ0n) is 13.1. The van der Waals surface area contributed by atoms with Crippen molar-refractivity contribution in [3.8, 4) is 5.88 Å². The lowest BCUT2D eigenvalue weighted by atomic mass is 10.1. The SMILES string of the molecule is COc1cc(C(C)NCC(c2ccco2)N2CCCC2)on1. The Hall–Kier alpha value is -1.79. The van der Waals surface area contributed by atoms with Gasteiger partial charge in [0.25, 0.3) is 5.88 Å². The number of rotatable bonds is 7. The van der Waals surface area contributed by atoms with E-state index in [2.05, 4.69) is 22.3 Å². The van der Waals surface area contributed by atoms with Crippen molar-refractivity contribution in [3.05, 3.63) is 36.0 Å². The van der Waals surface area contributed by atoms with Crippen LogP contribution >= 0.6 is 0 Å². The van der Waals surface area contributed by atoms with Crippen LogP contribution in [0.3, 0.4) is 0 Å². The molecule has 2 aromatic heterocycles. The minimum absolute atomic E-state index is 0.0662. The predicted octanol–water partition coefficient (Wildman–Crippen LogP) is 2.76. The van der Waals surface area contributed by atoms with Crippen LogP contribution in [0.1, 0.15) is 43.4 Å². The molecular formula is C16H23N3O3. The van der Waals surface area contributed by atoms with Gasteiger partial charge in [-0.05, 0) is 50.1 Å². The highest BCUT2D eigenvalue weighted by Crippen LogP contribution is 2.26. The third-order valence-corrected chi connectivity index (χ3v) is 4.21. The van der Waals surface area contributed by atoms with Crippen molar-refractivity contribution in [2.45, 2.75) is 31.8 Å². The molecule has 1 aliphatic rings. The van der Waals surface area contributed by atoms with Gasteiger partial charge in [-0.15, -0.1) is 0 Å². The Labute approximate surface area is 130 Å². The predicted molar refractivity (Wildman–Crippen MR) is 81.7 cm³/mol. The molecule has 3 heterocycles. The van der Waals surface area contributed by atoms with E-state index in [1.54, 1.807) is 13.4 Å². The van der Waals surface area contributed by atoms with Crippen molar-refractivity contribution in [1.82, 2.24) is 15.4 Å². The highest BCUT2D eigenvalue weighted by molar-refractivity contribution is 5.14. The summed E-state index contributed by atoms with van der Waals surface area (Å²) < 4.78 is 16.0. The average Bonchev–Trinajstić information content (AvgIpc) is 3.29. The molecule has 2 atom stereocenters. The van der Waals surface area contributed by atoms with Gasteiger partial charge in [0, 0.05) is 12.6 Å². The van der Waals surface area contributed by atoms with E-state index in [0.717, 1.165) is 31.2 Å². The summed E-state index contributed by atoms with van der Waals surface area (Å²) in [7, 11) is 1.58. The van der Waals surface area contributed by atoms with Crippen LogP contribution in [0.25, 0.3) is 0 Å². The summed E-state index contributed by atoms with van der Waals surface area (Å²) in [6.45, 7) is 5.11. The maximum atomic E-state index is 5.63.